The Kier molecular flexibility index (Phi) is 8.34. The first-order chi connectivity index (χ1) is 16.5. The molecule has 35 heavy (non-hydrogen) atoms. The third-order valence-corrected chi connectivity index (χ3v) is 7.93. The van der Waals surface area contributed by atoms with Crippen molar-refractivity contribution in [2.45, 2.75) is 17.1 Å². The van der Waals surface area contributed by atoms with Gasteiger partial charge in [-0.25, -0.2) is 22.0 Å². The number of hydrogen-bond donors (Lipinski definition) is 1. The summed E-state index contributed by atoms with van der Waals surface area (Å²) in [4.78, 5) is 14.1. The van der Waals surface area contributed by atoms with E-state index in [0.29, 0.717) is 10.7 Å². The number of rotatable bonds is 8. The Morgan fingerprint density at radius 3 is 2.26 bits per heavy atom. The fraction of sp³-hybridized carbons (Fsp3) is 0.240. The van der Waals surface area contributed by atoms with E-state index in [4.69, 9.17) is 16.3 Å². The summed E-state index contributed by atoms with van der Waals surface area (Å²) < 4.78 is 60.9. The second-order valence-corrected chi connectivity index (χ2v) is 10.7. The van der Waals surface area contributed by atoms with E-state index in [0.717, 1.165) is 23.9 Å². The zero-order chi connectivity index (χ0) is 25.8. The second kappa shape index (κ2) is 11.0. The predicted octanol–water partition coefficient (Wildman–Crippen LogP) is 6.08. The van der Waals surface area contributed by atoms with Gasteiger partial charge in [0.2, 0.25) is 0 Å². The summed E-state index contributed by atoms with van der Waals surface area (Å²) in [5.41, 5.74) is 1.07. The Labute approximate surface area is 208 Å². The van der Waals surface area contributed by atoms with Crippen LogP contribution in [-0.4, -0.2) is 35.2 Å². The minimum Gasteiger partial charge on any atom is -0.449 e. The van der Waals surface area contributed by atoms with E-state index in [9.17, 15) is 22.0 Å². The molecule has 2 atom stereocenters. The quantitative estimate of drug-likeness (QED) is 0.388. The first-order valence-corrected chi connectivity index (χ1v) is 12.6. The number of amides is 1. The van der Waals surface area contributed by atoms with E-state index in [-0.39, 0.29) is 17.1 Å². The fourth-order valence-corrected chi connectivity index (χ4v) is 5.71. The van der Waals surface area contributed by atoms with Gasteiger partial charge >= 0.3 is 6.09 Å². The van der Waals surface area contributed by atoms with Gasteiger partial charge in [0.25, 0.3) is 0 Å². The molecule has 0 aliphatic heterocycles. The van der Waals surface area contributed by atoms with Crippen molar-refractivity contribution in [3.8, 4) is 0 Å². The Morgan fingerprint density at radius 1 is 1.03 bits per heavy atom. The number of nitrogens with one attached hydrogen (secondary N) is 1. The number of anilines is 2. The minimum absolute atomic E-state index is 0.118. The van der Waals surface area contributed by atoms with Crippen LogP contribution < -0.4 is 10.2 Å². The number of nitrogens with zero attached hydrogens (tertiary/aromatic N) is 1. The third kappa shape index (κ3) is 6.49. The van der Waals surface area contributed by atoms with Gasteiger partial charge < -0.3 is 9.64 Å². The van der Waals surface area contributed by atoms with Crippen LogP contribution in [0.25, 0.3) is 0 Å². The molecule has 0 aliphatic carbocycles. The average molecular weight is 523 g/mol. The van der Waals surface area contributed by atoms with Crippen molar-refractivity contribution in [3.05, 3.63) is 89.0 Å². The van der Waals surface area contributed by atoms with Gasteiger partial charge in [0.05, 0.1) is 16.8 Å². The number of halogens is 3. The molecule has 0 heterocycles. The monoisotopic (exact) mass is 522 g/mol. The number of benzene rings is 3. The van der Waals surface area contributed by atoms with Crippen molar-refractivity contribution in [1.29, 1.82) is 0 Å². The lowest BCUT2D eigenvalue weighted by Crippen LogP contribution is -2.27. The molecule has 0 bridgehead atoms. The third-order valence-electron chi connectivity index (χ3n) is 5.37. The summed E-state index contributed by atoms with van der Waals surface area (Å²) in [5, 5.41) is 1.36. The highest BCUT2D eigenvalue weighted by Gasteiger charge is 2.36. The molecular formula is C25H25ClF2N2O4S. The van der Waals surface area contributed by atoms with Crippen molar-refractivity contribution < 1.29 is 26.7 Å². The molecule has 0 aliphatic rings. The molecule has 186 valence electrons. The number of sulfone groups is 1. The van der Waals surface area contributed by atoms with E-state index in [1.165, 1.54) is 31.2 Å². The van der Waals surface area contributed by atoms with Crippen LogP contribution >= 0.6 is 11.6 Å². The predicted molar refractivity (Wildman–Crippen MR) is 133 cm³/mol. The minimum atomic E-state index is -4.21. The molecule has 0 aromatic heterocycles. The summed E-state index contributed by atoms with van der Waals surface area (Å²) in [6, 6.07) is 15.0. The van der Waals surface area contributed by atoms with Crippen LogP contribution in [0.4, 0.5) is 25.0 Å². The summed E-state index contributed by atoms with van der Waals surface area (Å²) in [6.07, 6.45) is -0.809. The maximum absolute atomic E-state index is 14.7. The van der Waals surface area contributed by atoms with Gasteiger partial charge in [0.15, 0.2) is 9.84 Å². The smallest absolute Gasteiger partial charge is 0.411 e. The Bertz CT molecular complexity index is 1280. The summed E-state index contributed by atoms with van der Waals surface area (Å²) in [6.45, 7) is 1.12. The molecule has 0 saturated carbocycles. The maximum atomic E-state index is 14.7. The summed E-state index contributed by atoms with van der Waals surface area (Å²) in [5.74, 6) is -2.59. The molecule has 1 amide bonds. The maximum Gasteiger partial charge on any atom is 0.411 e. The van der Waals surface area contributed by atoms with Crippen LogP contribution in [0, 0.1) is 17.6 Å². The molecule has 0 saturated heterocycles. The van der Waals surface area contributed by atoms with Crippen molar-refractivity contribution in [2.75, 3.05) is 30.9 Å². The van der Waals surface area contributed by atoms with E-state index in [2.05, 4.69) is 5.32 Å². The highest BCUT2D eigenvalue weighted by molar-refractivity contribution is 7.91. The number of carbonyl (C=O) groups excluding carboxylic acids is 1. The molecule has 0 fully saturated rings. The molecule has 3 aromatic carbocycles. The first-order valence-electron chi connectivity index (χ1n) is 10.6. The first kappa shape index (κ1) is 26.4. The van der Waals surface area contributed by atoms with Gasteiger partial charge in [-0.05, 0) is 66.7 Å². The largest absolute Gasteiger partial charge is 0.449 e. The number of hydrogen-bond acceptors (Lipinski definition) is 5. The van der Waals surface area contributed by atoms with Crippen LogP contribution in [0.5, 0.6) is 0 Å². The highest BCUT2D eigenvalue weighted by atomic mass is 35.5. The lowest BCUT2D eigenvalue weighted by molar-refractivity contribution is 0.142. The van der Waals surface area contributed by atoms with Crippen LogP contribution in [0.2, 0.25) is 5.02 Å². The Balaban J connectivity index is 1.83. The lowest BCUT2D eigenvalue weighted by atomic mass is 10.0. The molecule has 1 N–H and O–H groups in total. The van der Waals surface area contributed by atoms with Gasteiger partial charge in [-0.3, -0.25) is 5.32 Å². The Morgan fingerprint density at radius 2 is 1.66 bits per heavy atom. The average Bonchev–Trinajstić information content (AvgIpc) is 2.80. The van der Waals surface area contributed by atoms with E-state index in [1.807, 2.05) is 19.0 Å². The van der Waals surface area contributed by atoms with Gasteiger partial charge in [-0.2, -0.15) is 0 Å². The van der Waals surface area contributed by atoms with Gasteiger partial charge in [0.1, 0.15) is 11.6 Å². The molecular weight excluding hydrogens is 498 g/mol. The molecule has 10 heteroatoms. The van der Waals surface area contributed by atoms with E-state index >= 15 is 0 Å². The molecule has 0 radical (unpaired) electrons. The lowest BCUT2D eigenvalue weighted by Gasteiger charge is -2.25. The molecule has 6 nitrogen and oxygen atoms in total. The zero-order valence-corrected chi connectivity index (χ0v) is 20.9. The van der Waals surface area contributed by atoms with Gasteiger partial charge in [-0.1, -0.05) is 18.5 Å². The van der Waals surface area contributed by atoms with Crippen molar-refractivity contribution in [3.63, 3.8) is 0 Å². The van der Waals surface area contributed by atoms with E-state index < -0.39 is 38.7 Å². The van der Waals surface area contributed by atoms with Crippen molar-refractivity contribution in [2.24, 2.45) is 5.92 Å². The van der Waals surface area contributed by atoms with Crippen LogP contribution in [0.3, 0.4) is 0 Å². The SMILES string of the molecule is C[C@H](COC(=O)Nc1ccc(N(C)C)cc1)[C@@H](c1cc(F)ccc1F)S(=O)(=O)c1ccc(Cl)cc1. The second-order valence-electron chi connectivity index (χ2n) is 8.23. The zero-order valence-electron chi connectivity index (χ0n) is 19.3. The van der Waals surface area contributed by atoms with Gasteiger partial charge in [0, 0.05) is 42.0 Å². The van der Waals surface area contributed by atoms with Crippen molar-refractivity contribution in [1.82, 2.24) is 0 Å². The van der Waals surface area contributed by atoms with Crippen LogP contribution in [0.1, 0.15) is 17.7 Å². The summed E-state index contributed by atoms with van der Waals surface area (Å²) in [7, 11) is -0.445. The normalized spacial score (nSPS) is 13.1. The standard InChI is InChI=1S/C25H25ClF2N2O4S/c1-16(15-34-25(31)29-19-7-9-20(10-8-19)30(2)3)24(22-14-18(27)6-13-23(22)28)35(32,33)21-11-4-17(26)5-12-21/h4-14,16,24H,15H2,1-3H3,(H,29,31)/t16-,24+/m1/s1. The van der Waals surface area contributed by atoms with Gasteiger partial charge in [-0.15, -0.1) is 0 Å². The summed E-state index contributed by atoms with van der Waals surface area (Å²) >= 11 is 5.87. The number of carbonyl (C=O) groups is 1. The fourth-order valence-electron chi connectivity index (χ4n) is 3.57. The molecule has 3 rings (SSSR count). The Hall–Kier alpha value is -3.17. The molecule has 0 unspecified atom stereocenters. The van der Waals surface area contributed by atoms with Crippen LogP contribution in [0.15, 0.2) is 71.6 Å². The highest BCUT2D eigenvalue weighted by Crippen LogP contribution is 2.37. The van der Waals surface area contributed by atoms with Crippen molar-refractivity contribution >= 4 is 38.9 Å². The topological polar surface area (TPSA) is 75.7 Å². The van der Waals surface area contributed by atoms with E-state index in [1.54, 1.807) is 24.3 Å². The molecule has 3 aromatic rings. The molecule has 0 spiro atoms. The number of ether oxygens (including phenoxy) is 1. The van der Waals surface area contributed by atoms with Crippen LogP contribution in [-0.2, 0) is 14.6 Å².